The molecule has 0 heterocycles. The summed E-state index contributed by atoms with van der Waals surface area (Å²) in [4.78, 5) is 0. The van der Waals surface area contributed by atoms with E-state index in [9.17, 15) is 0 Å². The van der Waals surface area contributed by atoms with Gasteiger partial charge in [-0.1, -0.05) is 46.2 Å². The smallest absolute Gasteiger partial charge is 0.122 e. The second-order valence-electron chi connectivity index (χ2n) is 7.80. The largest absolute Gasteiger partial charge is 0.490 e. The molecular formula is C19H31NO. The minimum atomic E-state index is 0.183. The van der Waals surface area contributed by atoms with E-state index in [0.29, 0.717) is 5.92 Å². The number of rotatable bonds is 3. The van der Waals surface area contributed by atoms with Crippen molar-refractivity contribution in [3.8, 4) is 5.75 Å². The summed E-state index contributed by atoms with van der Waals surface area (Å²) < 4.78 is 6.35. The van der Waals surface area contributed by atoms with Crippen LogP contribution in [0.3, 0.4) is 0 Å². The highest BCUT2D eigenvalue weighted by Gasteiger charge is 2.29. The predicted octanol–water partition coefficient (Wildman–Crippen LogP) is 4.43. The normalized spacial score (nSPS) is 26.7. The molecule has 0 saturated heterocycles. The lowest BCUT2D eigenvalue weighted by Gasteiger charge is -2.35. The maximum atomic E-state index is 6.35. The summed E-state index contributed by atoms with van der Waals surface area (Å²) in [7, 11) is 0. The zero-order chi connectivity index (χ0) is 15.6. The predicted molar refractivity (Wildman–Crippen MR) is 89.9 cm³/mol. The molecular weight excluding hydrogens is 258 g/mol. The lowest BCUT2D eigenvalue weighted by atomic mass is 9.80. The van der Waals surface area contributed by atoms with Crippen LogP contribution in [0.25, 0.3) is 0 Å². The van der Waals surface area contributed by atoms with Gasteiger partial charge in [-0.2, -0.15) is 0 Å². The molecule has 2 heteroatoms. The van der Waals surface area contributed by atoms with Gasteiger partial charge in [0.1, 0.15) is 11.9 Å². The third-order valence-electron chi connectivity index (χ3n) is 4.81. The monoisotopic (exact) mass is 289 g/mol. The second kappa shape index (κ2) is 6.39. The molecule has 2 nitrogen and oxygen atoms in total. The van der Waals surface area contributed by atoms with E-state index >= 15 is 0 Å². The Balaban J connectivity index is 2.15. The molecule has 0 aromatic heterocycles. The van der Waals surface area contributed by atoms with Gasteiger partial charge in [0.05, 0.1) is 0 Å². The summed E-state index contributed by atoms with van der Waals surface area (Å²) in [6.45, 7) is 11.9. The van der Waals surface area contributed by atoms with Crippen molar-refractivity contribution in [1.29, 1.82) is 0 Å². The summed E-state index contributed by atoms with van der Waals surface area (Å²) in [5.74, 6) is 2.27. The van der Waals surface area contributed by atoms with Crippen LogP contribution < -0.4 is 10.5 Å². The molecule has 118 valence electrons. The van der Waals surface area contributed by atoms with Crippen molar-refractivity contribution < 1.29 is 4.74 Å². The van der Waals surface area contributed by atoms with Crippen LogP contribution in [0.15, 0.2) is 18.2 Å². The van der Waals surface area contributed by atoms with E-state index in [1.807, 2.05) is 0 Å². The highest BCUT2D eigenvalue weighted by atomic mass is 16.5. The maximum Gasteiger partial charge on any atom is 0.122 e. The van der Waals surface area contributed by atoms with Crippen LogP contribution in [0.1, 0.15) is 58.1 Å². The van der Waals surface area contributed by atoms with Crippen LogP contribution in [0, 0.1) is 18.8 Å². The molecule has 1 saturated carbocycles. The standard InChI is InChI=1S/C19H31NO/c1-13-6-7-15(12-20)18(10-13)21-17-9-8-16(11-14(17)2)19(3,4)5/h8-9,11,13,15,18H,6-7,10,12,20H2,1-5H3. The van der Waals surface area contributed by atoms with Gasteiger partial charge in [0.25, 0.3) is 0 Å². The molecule has 0 spiro atoms. The number of ether oxygens (including phenoxy) is 1. The van der Waals surface area contributed by atoms with E-state index in [1.54, 1.807) is 0 Å². The van der Waals surface area contributed by atoms with Gasteiger partial charge in [-0.05, 0) is 54.8 Å². The number of aryl methyl sites for hydroxylation is 1. The van der Waals surface area contributed by atoms with Crippen LogP contribution in [-0.4, -0.2) is 12.6 Å². The lowest BCUT2D eigenvalue weighted by molar-refractivity contribution is 0.0735. The first-order valence-electron chi connectivity index (χ1n) is 8.29. The topological polar surface area (TPSA) is 35.2 Å². The first-order chi connectivity index (χ1) is 9.81. The quantitative estimate of drug-likeness (QED) is 0.893. The number of nitrogens with two attached hydrogens (primary N) is 1. The minimum Gasteiger partial charge on any atom is -0.490 e. The van der Waals surface area contributed by atoms with Crippen LogP contribution in [0.4, 0.5) is 0 Å². The summed E-state index contributed by atoms with van der Waals surface area (Å²) in [6, 6.07) is 6.61. The fourth-order valence-corrected chi connectivity index (χ4v) is 3.22. The van der Waals surface area contributed by atoms with Crippen LogP contribution >= 0.6 is 0 Å². The van der Waals surface area contributed by atoms with E-state index in [0.717, 1.165) is 24.6 Å². The van der Waals surface area contributed by atoms with Crippen molar-refractivity contribution in [3.63, 3.8) is 0 Å². The third kappa shape index (κ3) is 4.00. The van der Waals surface area contributed by atoms with E-state index < -0.39 is 0 Å². The maximum absolute atomic E-state index is 6.35. The average Bonchev–Trinajstić information content (AvgIpc) is 2.40. The third-order valence-corrected chi connectivity index (χ3v) is 4.81. The minimum absolute atomic E-state index is 0.183. The highest BCUT2D eigenvalue weighted by molar-refractivity contribution is 5.39. The van der Waals surface area contributed by atoms with Crippen LogP contribution in [0.5, 0.6) is 5.75 Å². The second-order valence-corrected chi connectivity index (χ2v) is 7.80. The van der Waals surface area contributed by atoms with Gasteiger partial charge in [-0.15, -0.1) is 0 Å². The van der Waals surface area contributed by atoms with Crippen molar-refractivity contribution >= 4 is 0 Å². The molecule has 0 bridgehead atoms. The first-order valence-corrected chi connectivity index (χ1v) is 8.29. The lowest BCUT2D eigenvalue weighted by Crippen LogP contribution is -2.37. The molecule has 1 fully saturated rings. The van der Waals surface area contributed by atoms with Crippen molar-refractivity contribution in [1.82, 2.24) is 0 Å². The Morgan fingerprint density at radius 1 is 1.24 bits per heavy atom. The van der Waals surface area contributed by atoms with Gasteiger partial charge in [-0.3, -0.25) is 0 Å². The van der Waals surface area contributed by atoms with Gasteiger partial charge in [0, 0.05) is 5.92 Å². The molecule has 0 radical (unpaired) electrons. The SMILES string of the molecule is Cc1cc(C(C)(C)C)ccc1OC1CC(C)CCC1CN. The molecule has 1 aliphatic rings. The number of hydrogen-bond donors (Lipinski definition) is 1. The van der Waals surface area contributed by atoms with Crippen molar-refractivity contribution in [2.75, 3.05) is 6.54 Å². The number of benzene rings is 1. The summed E-state index contributed by atoms with van der Waals surface area (Å²) in [6.07, 6.45) is 3.88. The molecule has 3 atom stereocenters. The fraction of sp³-hybridized carbons (Fsp3) is 0.684. The number of hydrogen-bond acceptors (Lipinski definition) is 2. The van der Waals surface area contributed by atoms with Crippen LogP contribution in [0.2, 0.25) is 0 Å². The Bertz CT molecular complexity index is 475. The van der Waals surface area contributed by atoms with Gasteiger partial charge in [0.2, 0.25) is 0 Å². The van der Waals surface area contributed by atoms with Crippen molar-refractivity contribution in [2.24, 2.45) is 17.6 Å². The summed E-state index contributed by atoms with van der Waals surface area (Å²) in [5, 5.41) is 0. The van der Waals surface area contributed by atoms with Gasteiger partial charge in [-0.25, -0.2) is 0 Å². The molecule has 1 aromatic rings. The highest BCUT2D eigenvalue weighted by Crippen LogP contribution is 2.34. The molecule has 1 aliphatic carbocycles. The van der Waals surface area contributed by atoms with E-state index in [2.05, 4.69) is 52.8 Å². The first kappa shape index (κ1) is 16.4. The van der Waals surface area contributed by atoms with Gasteiger partial charge in [0.15, 0.2) is 0 Å². The molecule has 0 aliphatic heterocycles. The molecule has 0 amide bonds. The Morgan fingerprint density at radius 2 is 1.95 bits per heavy atom. The summed E-state index contributed by atoms with van der Waals surface area (Å²) >= 11 is 0. The average molecular weight is 289 g/mol. The molecule has 2 N–H and O–H groups in total. The van der Waals surface area contributed by atoms with E-state index in [-0.39, 0.29) is 11.5 Å². The van der Waals surface area contributed by atoms with Gasteiger partial charge >= 0.3 is 0 Å². The Labute approximate surface area is 130 Å². The van der Waals surface area contributed by atoms with Crippen molar-refractivity contribution in [3.05, 3.63) is 29.3 Å². The molecule has 1 aromatic carbocycles. The Morgan fingerprint density at radius 3 is 2.52 bits per heavy atom. The Kier molecular flexibility index (Phi) is 4.98. The molecule has 2 rings (SSSR count). The molecule has 21 heavy (non-hydrogen) atoms. The summed E-state index contributed by atoms with van der Waals surface area (Å²) in [5.41, 5.74) is 8.71. The van der Waals surface area contributed by atoms with Crippen LogP contribution in [-0.2, 0) is 5.41 Å². The fourth-order valence-electron chi connectivity index (χ4n) is 3.22. The van der Waals surface area contributed by atoms with Gasteiger partial charge < -0.3 is 10.5 Å². The van der Waals surface area contributed by atoms with E-state index in [1.165, 1.54) is 24.0 Å². The zero-order valence-corrected chi connectivity index (χ0v) is 14.3. The van der Waals surface area contributed by atoms with Crippen molar-refractivity contribution in [2.45, 2.75) is 65.4 Å². The molecule has 3 unspecified atom stereocenters. The Hall–Kier alpha value is -1.02. The zero-order valence-electron chi connectivity index (χ0n) is 14.3. The van der Waals surface area contributed by atoms with E-state index in [4.69, 9.17) is 10.5 Å².